The third-order valence-electron chi connectivity index (χ3n) is 4.25. The highest BCUT2D eigenvalue weighted by atomic mass is 32.2. The summed E-state index contributed by atoms with van der Waals surface area (Å²) >= 11 is 0. The maximum absolute atomic E-state index is 12.7. The monoisotopic (exact) mass is 440 g/mol. The molecule has 1 N–H and O–H groups in total. The summed E-state index contributed by atoms with van der Waals surface area (Å²) in [6, 6.07) is 11.7. The molecule has 0 bridgehead atoms. The largest absolute Gasteiger partial charge is 0.673 e. The van der Waals surface area contributed by atoms with E-state index in [-0.39, 0.29) is 16.7 Å². The van der Waals surface area contributed by atoms with Crippen LogP contribution in [-0.2, 0) is 17.1 Å². The maximum atomic E-state index is 12.7. The molecule has 3 atom stereocenters. The first-order valence-corrected chi connectivity index (χ1v) is 10.1. The van der Waals surface area contributed by atoms with Gasteiger partial charge in [0.05, 0.1) is 23.1 Å². The molecule has 0 saturated heterocycles. The van der Waals surface area contributed by atoms with Crippen LogP contribution in [0.4, 0.5) is 30.4 Å². The summed E-state index contributed by atoms with van der Waals surface area (Å²) in [7, 11) is -6.19. The van der Waals surface area contributed by atoms with E-state index < -0.39 is 31.0 Å². The molecule has 1 heterocycles. The van der Waals surface area contributed by atoms with Crippen LogP contribution >= 0.6 is 0 Å². The second kappa shape index (κ2) is 8.79. The first-order valence-electron chi connectivity index (χ1n) is 8.27. The fourth-order valence-electron chi connectivity index (χ4n) is 2.94. The molecule has 29 heavy (non-hydrogen) atoms. The quantitative estimate of drug-likeness (QED) is 0.398. The summed E-state index contributed by atoms with van der Waals surface area (Å²) in [5.74, 6) is -0.286. The highest BCUT2D eigenvalue weighted by Crippen LogP contribution is 2.36. The number of ketones is 1. The molecular weight excluding hydrogens is 424 g/mol. The van der Waals surface area contributed by atoms with Crippen LogP contribution in [0.15, 0.2) is 53.4 Å². The zero-order valence-corrected chi connectivity index (χ0v) is 15.8. The van der Waals surface area contributed by atoms with E-state index in [4.69, 9.17) is 0 Å². The lowest BCUT2D eigenvalue weighted by Crippen LogP contribution is -2.35. The molecule has 0 saturated carbocycles. The zero-order valence-electron chi connectivity index (χ0n) is 15.0. The number of benzene rings is 2. The van der Waals surface area contributed by atoms with E-state index in [1.165, 1.54) is 12.1 Å². The minimum absolute atomic E-state index is 0.149. The molecular formula is C18H16BF7O2S. The molecule has 3 unspecified atom stereocenters. The number of hydrogen-bond acceptors (Lipinski definition) is 2. The number of carbonyl (C=O) groups excluding carboxylic acids is 1. The van der Waals surface area contributed by atoms with Gasteiger partial charge in [0.15, 0.2) is 10.7 Å². The Labute approximate surface area is 165 Å². The van der Waals surface area contributed by atoms with Crippen molar-refractivity contribution in [3.8, 4) is 0 Å². The van der Waals surface area contributed by atoms with Crippen LogP contribution in [0.1, 0.15) is 27.6 Å². The lowest BCUT2D eigenvalue weighted by atomic mass is 9.89. The van der Waals surface area contributed by atoms with Crippen LogP contribution in [-0.4, -0.2) is 30.2 Å². The van der Waals surface area contributed by atoms with Crippen molar-refractivity contribution in [1.82, 2.24) is 0 Å². The average Bonchev–Trinajstić information content (AvgIpc) is 2.62. The van der Waals surface area contributed by atoms with Gasteiger partial charge in [-0.3, -0.25) is 4.79 Å². The van der Waals surface area contributed by atoms with Crippen LogP contribution in [0.3, 0.4) is 0 Å². The van der Waals surface area contributed by atoms with Crippen LogP contribution < -0.4 is 0 Å². The summed E-state index contributed by atoms with van der Waals surface area (Å²) in [6.45, 7) is 0. The summed E-state index contributed by atoms with van der Waals surface area (Å²) < 4.78 is 76.9. The van der Waals surface area contributed by atoms with Gasteiger partial charge < -0.3 is 22.4 Å². The Hall–Kier alpha value is -2.01. The number of rotatable bonds is 2. The summed E-state index contributed by atoms with van der Waals surface area (Å²) in [5, 5.41) is 10.6. The van der Waals surface area contributed by atoms with Gasteiger partial charge in [-0.2, -0.15) is 13.2 Å². The van der Waals surface area contributed by atoms with Gasteiger partial charge in [0, 0.05) is 10.9 Å². The Morgan fingerprint density at radius 3 is 2.07 bits per heavy atom. The normalized spacial score (nSPS) is 20.4. The molecule has 2 nitrogen and oxygen atoms in total. The summed E-state index contributed by atoms with van der Waals surface area (Å²) in [6.07, 6.45) is -3.51. The topological polar surface area (TPSA) is 37.3 Å². The predicted octanol–water partition coefficient (Wildman–Crippen LogP) is 5.16. The number of hydrogen-bond donors (Lipinski definition) is 1. The molecule has 0 fully saturated rings. The molecule has 3 rings (SSSR count). The second-order valence-corrected chi connectivity index (χ2v) is 8.38. The number of fused-ring (bicyclic) bond motifs is 1. The Balaban J connectivity index is 0.000000537. The minimum Gasteiger partial charge on any atom is -0.418 e. The summed E-state index contributed by atoms with van der Waals surface area (Å²) in [5.41, 5.74) is 0.164. The number of Topliss-reactive ketones (excluding diaryl/α,β-unsaturated/α-hetero) is 1. The molecule has 0 amide bonds. The van der Waals surface area contributed by atoms with Crippen LogP contribution in [0.5, 0.6) is 0 Å². The number of aliphatic hydroxyl groups excluding tert-OH is 1. The Morgan fingerprint density at radius 2 is 1.55 bits per heavy atom. The minimum atomic E-state index is -6.00. The molecule has 158 valence electrons. The van der Waals surface area contributed by atoms with Gasteiger partial charge >= 0.3 is 13.4 Å². The Bertz CT molecular complexity index is 847. The van der Waals surface area contributed by atoms with Crippen molar-refractivity contribution >= 4 is 23.9 Å². The molecule has 0 spiro atoms. The van der Waals surface area contributed by atoms with Crippen LogP contribution in [0.2, 0.25) is 0 Å². The molecule has 1 aliphatic rings. The van der Waals surface area contributed by atoms with Crippen molar-refractivity contribution in [3.63, 3.8) is 0 Å². The molecule has 0 aliphatic carbocycles. The standard InChI is InChI=1S/C18H16F3O2S.BF4/c1-24-10-14(17(23)13-4-2-3-5-15(13)24)16(22)11-6-8-12(9-7-11)18(19,20)21;2-1(3,4)5/h2-9,14,16,22H,10H2,1H3;/q+1;-1. The van der Waals surface area contributed by atoms with Crippen LogP contribution in [0, 0.1) is 5.92 Å². The van der Waals surface area contributed by atoms with Gasteiger partial charge in [0.2, 0.25) is 0 Å². The van der Waals surface area contributed by atoms with Crippen LogP contribution in [0.25, 0.3) is 0 Å². The Kier molecular flexibility index (Phi) is 7.05. The summed E-state index contributed by atoms with van der Waals surface area (Å²) in [4.78, 5) is 13.7. The van der Waals surface area contributed by atoms with Crippen molar-refractivity contribution in [3.05, 3.63) is 65.2 Å². The van der Waals surface area contributed by atoms with E-state index >= 15 is 0 Å². The van der Waals surface area contributed by atoms with Gasteiger partial charge in [-0.05, 0) is 29.8 Å². The molecule has 0 aromatic heterocycles. The fourth-order valence-corrected chi connectivity index (χ4v) is 4.85. The molecule has 2 aromatic carbocycles. The number of halogens is 7. The highest BCUT2D eigenvalue weighted by Gasteiger charge is 2.42. The van der Waals surface area contributed by atoms with E-state index in [2.05, 4.69) is 0 Å². The predicted molar refractivity (Wildman–Crippen MR) is 97.3 cm³/mol. The van der Waals surface area contributed by atoms with E-state index in [9.17, 15) is 40.3 Å². The van der Waals surface area contributed by atoms with Crippen molar-refractivity contribution in [2.24, 2.45) is 5.92 Å². The van der Waals surface area contributed by atoms with Crippen molar-refractivity contribution in [2.75, 3.05) is 12.0 Å². The fraction of sp³-hybridized carbons (Fsp3) is 0.278. The van der Waals surface area contributed by atoms with Crippen molar-refractivity contribution in [1.29, 1.82) is 0 Å². The second-order valence-electron chi connectivity index (χ2n) is 6.33. The number of aliphatic hydroxyl groups is 1. The lowest BCUT2D eigenvalue weighted by Gasteiger charge is -2.26. The molecule has 0 radical (unpaired) electrons. The molecule has 11 heteroatoms. The van der Waals surface area contributed by atoms with E-state index in [1.54, 1.807) is 12.1 Å². The number of carbonyl (C=O) groups is 1. The first-order chi connectivity index (χ1) is 13.3. The van der Waals surface area contributed by atoms with Gasteiger partial charge in [-0.15, -0.1) is 0 Å². The van der Waals surface area contributed by atoms with E-state index in [1.807, 2.05) is 18.4 Å². The maximum Gasteiger partial charge on any atom is 0.673 e. The van der Waals surface area contributed by atoms with E-state index in [0.717, 1.165) is 17.0 Å². The van der Waals surface area contributed by atoms with Gasteiger partial charge in [-0.1, -0.05) is 24.3 Å². The first kappa shape index (κ1) is 23.3. The van der Waals surface area contributed by atoms with E-state index in [0.29, 0.717) is 16.9 Å². The number of alkyl halides is 3. The third kappa shape index (κ3) is 6.23. The van der Waals surface area contributed by atoms with Gasteiger partial charge in [-0.25, -0.2) is 0 Å². The SMILES string of the molecule is C[S+]1CC(C(O)c2ccc(C(F)(F)F)cc2)C(=O)c2ccccc21.F[B-](F)(F)F. The Morgan fingerprint density at radius 1 is 1.03 bits per heavy atom. The third-order valence-corrected chi connectivity index (χ3v) is 6.22. The van der Waals surface area contributed by atoms with Crippen molar-refractivity contribution in [2.45, 2.75) is 17.2 Å². The highest BCUT2D eigenvalue weighted by molar-refractivity contribution is 7.96. The molecule has 2 aromatic rings. The van der Waals surface area contributed by atoms with Gasteiger partial charge in [0.1, 0.15) is 12.0 Å². The zero-order chi connectivity index (χ0) is 22.0. The van der Waals surface area contributed by atoms with Crippen molar-refractivity contribution < 1.29 is 40.3 Å². The molecule has 1 aliphatic heterocycles. The average molecular weight is 440 g/mol. The van der Waals surface area contributed by atoms with Gasteiger partial charge in [0.25, 0.3) is 0 Å². The smallest absolute Gasteiger partial charge is 0.418 e. The lowest BCUT2D eigenvalue weighted by molar-refractivity contribution is -0.137.